The molecule has 1 aliphatic carbocycles. The number of ether oxygens (including phenoxy) is 1. The van der Waals surface area contributed by atoms with Crippen molar-refractivity contribution in [2.75, 3.05) is 7.11 Å². The van der Waals surface area contributed by atoms with E-state index in [2.05, 4.69) is 15.3 Å². The lowest BCUT2D eigenvalue weighted by Crippen LogP contribution is -2.23. The van der Waals surface area contributed by atoms with Crippen molar-refractivity contribution < 1.29 is 18.7 Å². The van der Waals surface area contributed by atoms with Crippen molar-refractivity contribution in [3.05, 3.63) is 113 Å². The number of hydrogen-bond acceptors (Lipinski definition) is 6. The second-order valence-corrected chi connectivity index (χ2v) is 8.28. The molecule has 6 rings (SSSR count). The molecule has 0 fully saturated rings. The Balaban J connectivity index is 1.46. The summed E-state index contributed by atoms with van der Waals surface area (Å²) in [6.07, 6.45) is 1.74. The van der Waals surface area contributed by atoms with E-state index in [1.807, 2.05) is 24.3 Å². The Labute approximate surface area is 204 Å². The number of nitrogens with zero attached hydrogens (tertiary/aromatic N) is 5. The van der Waals surface area contributed by atoms with Gasteiger partial charge in [0.1, 0.15) is 34.5 Å². The zero-order valence-corrected chi connectivity index (χ0v) is 19.1. The summed E-state index contributed by atoms with van der Waals surface area (Å²) in [4.78, 5) is 31.4. The van der Waals surface area contributed by atoms with E-state index in [9.17, 15) is 14.0 Å². The highest BCUT2D eigenvalue weighted by atomic mass is 19.1. The first-order chi connectivity index (χ1) is 17.5. The Morgan fingerprint density at radius 3 is 2.28 bits per heavy atom. The van der Waals surface area contributed by atoms with E-state index in [1.165, 1.54) is 12.1 Å². The molecule has 3 aromatic carbocycles. The average molecular weight is 479 g/mol. The fraction of sp³-hybridized carbons (Fsp3) is 0.0741. The molecule has 2 aromatic heterocycles. The highest BCUT2D eigenvalue weighted by molar-refractivity contribution is 6.27. The van der Waals surface area contributed by atoms with Gasteiger partial charge in [-0.15, -0.1) is 5.10 Å². The van der Waals surface area contributed by atoms with Crippen molar-refractivity contribution >= 4 is 11.6 Å². The number of ketones is 2. The van der Waals surface area contributed by atoms with Crippen molar-refractivity contribution in [3.8, 4) is 22.8 Å². The fourth-order valence-electron chi connectivity index (χ4n) is 4.34. The molecule has 8 nitrogen and oxygen atoms in total. The van der Waals surface area contributed by atoms with Crippen LogP contribution in [-0.4, -0.2) is 43.2 Å². The van der Waals surface area contributed by atoms with Crippen LogP contribution in [0, 0.1) is 5.82 Å². The molecule has 0 spiro atoms. The van der Waals surface area contributed by atoms with Crippen LogP contribution in [0.15, 0.2) is 79.0 Å². The molecule has 0 radical (unpaired) electrons. The molecule has 0 saturated heterocycles. The molecule has 0 bridgehead atoms. The fourth-order valence-corrected chi connectivity index (χ4v) is 4.34. The molecular weight excluding hydrogens is 461 g/mol. The van der Waals surface area contributed by atoms with Crippen LogP contribution < -0.4 is 4.74 Å². The minimum Gasteiger partial charge on any atom is -0.497 e. The number of imidazole rings is 1. The summed E-state index contributed by atoms with van der Waals surface area (Å²) in [6, 6.07) is 19.8. The number of hydrogen-bond donors (Lipinski definition) is 0. The maximum absolute atomic E-state index is 13.6. The van der Waals surface area contributed by atoms with Gasteiger partial charge in [0.15, 0.2) is 0 Å². The number of halogens is 1. The van der Waals surface area contributed by atoms with E-state index in [1.54, 1.807) is 59.0 Å². The molecular formula is C27H18FN5O3. The monoisotopic (exact) mass is 479 g/mol. The Bertz CT molecular complexity index is 1640. The Morgan fingerprint density at radius 2 is 1.58 bits per heavy atom. The van der Waals surface area contributed by atoms with Gasteiger partial charge in [0, 0.05) is 16.7 Å². The van der Waals surface area contributed by atoms with Crippen LogP contribution in [0.3, 0.4) is 0 Å². The van der Waals surface area contributed by atoms with Gasteiger partial charge in [-0.2, -0.15) is 0 Å². The predicted octanol–water partition coefficient (Wildman–Crippen LogP) is 4.10. The molecule has 36 heavy (non-hydrogen) atoms. The first-order valence-corrected chi connectivity index (χ1v) is 11.1. The van der Waals surface area contributed by atoms with Crippen molar-refractivity contribution in [3.63, 3.8) is 0 Å². The molecule has 2 heterocycles. The van der Waals surface area contributed by atoms with Crippen LogP contribution in [-0.2, 0) is 6.54 Å². The Morgan fingerprint density at radius 1 is 0.889 bits per heavy atom. The highest BCUT2D eigenvalue weighted by Crippen LogP contribution is 2.32. The number of benzene rings is 3. The highest BCUT2D eigenvalue weighted by Gasteiger charge is 2.36. The molecule has 0 amide bonds. The number of carbonyl (C=O) groups is 2. The van der Waals surface area contributed by atoms with Crippen molar-refractivity contribution in [1.82, 2.24) is 24.5 Å². The summed E-state index contributed by atoms with van der Waals surface area (Å²) >= 11 is 0. The summed E-state index contributed by atoms with van der Waals surface area (Å²) in [5.74, 6) is 0.0569. The van der Waals surface area contributed by atoms with Crippen LogP contribution in [0.25, 0.3) is 17.1 Å². The number of rotatable bonds is 5. The van der Waals surface area contributed by atoms with Crippen LogP contribution in [0.5, 0.6) is 5.75 Å². The molecule has 0 saturated carbocycles. The lowest BCUT2D eigenvalue weighted by Gasteiger charge is -2.16. The molecule has 0 aliphatic heterocycles. The number of aromatic nitrogens is 5. The third-order valence-corrected chi connectivity index (χ3v) is 6.11. The van der Waals surface area contributed by atoms with Crippen LogP contribution in [0.1, 0.15) is 37.8 Å². The lowest BCUT2D eigenvalue weighted by molar-refractivity contribution is 0.0971. The minimum atomic E-state index is -0.399. The largest absolute Gasteiger partial charge is 0.497 e. The third-order valence-electron chi connectivity index (χ3n) is 6.11. The molecule has 0 N–H and O–H groups in total. The van der Waals surface area contributed by atoms with Crippen molar-refractivity contribution in [1.29, 1.82) is 0 Å². The van der Waals surface area contributed by atoms with Gasteiger partial charge in [0.25, 0.3) is 0 Å². The molecule has 5 aromatic rings. The second-order valence-electron chi connectivity index (χ2n) is 8.28. The minimum absolute atomic E-state index is 0.0700. The van der Waals surface area contributed by atoms with E-state index in [0.29, 0.717) is 28.2 Å². The number of fused-ring (bicyclic) bond motifs is 2. The van der Waals surface area contributed by atoms with Gasteiger partial charge in [-0.1, -0.05) is 29.5 Å². The zero-order valence-electron chi connectivity index (χ0n) is 19.1. The van der Waals surface area contributed by atoms with Gasteiger partial charge < -0.3 is 9.30 Å². The normalized spacial score (nSPS) is 12.4. The van der Waals surface area contributed by atoms with Gasteiger partial charge in [0.2, 0.25) is 11.6 Å². The number of carbonyl (C=O) groups excluding carboxylic acids is 2. The molecule has 9 heteroatoms. The van der Waals surface area contributed by atoms with Gasteiger partial charge in [0.05, 0.1) is 25.5 Å². The zero-order chi connectivity index (χ0) is 24.8. The van der Waals surface area contributed by atoms with Crippen LogP contribution in [0.4, 0.5) is 4.39 Å². The van der Waals surface area contributed by atoms with Crippen molar-refractivity contribution in [2.45, 2.75) is 6.54 Å². The standard InChI is InChI=1S/C27H18FN5O3/c1-36-20-12-10-19(11-13-20)33-15-18(30-31-33)14-32-24-23(29-27(32)16-6-8-17(28)9-7-16)25(34)21-4-2-3-5-22(21)26(24)35/h2-13,15H,14H2,1H3. The predicted molar refractivity (Wildman–Crippen MR) is 128 cm³/mol. The average Bonchev–Trinajstić information content (AvgIpc) is 3.54. The second kappa shape index (κ2) is 8.38. The SMILES string of the molecule is COc1ccc(-n2cc(Cn3c(-c4ccc(F)cc4)nc4c3C(=O)c3ccccc3C4=O)nn2)cc1. The summed E-state index contributed by atoms with van der Waals surface area (Å²) in [5, 5.41) is 8.48. The van der Waals surface area contributed by atoms with Gasteiger partial charge >= 0.3 is 0 Å². The third kappa shape index (κ3) is 3.49. The summed E-state index contributed by atoms with van der Waals surface area (Å²) in [7, 11) is 1.59. The Kier molecular flexibility index (Phi) is 5.03. The smallest absolute Gasteiger partial charge is 0.214 e. The van der Waals surface area contributed by atoms with E-state index >= 15 is 0 Å². The topological polar surface area (TPSA) is 91.9 Å². The molecule has 0 unspecified atom stereocenters. The summed E-state index contributed by atoms with van der Waals surface area (Å²) in [6.45, 7) is 0.131. The van der Waals surface area contributed by atoms with E-state index in [-0.39, 0.29) is 29.5 Å². The first-order valence-electron chi connectivity index (χ1n) is 11.1. The molecule has 0 atom stereocenters. The first kappa shape index (κ1) is 21.6. The van der Waals surface area contributed by atoms with Gasteiger partial charge in [-0.25, -0.2) is 14.1 Å². The quantitative estimate of drug-likeness (QED) is 0.370. The van der Waals surface area contributed by atoms with Gasteiger partial charge in [-0.05, 0) is 48.5 Å². The van der Waals surface area contributed by atoms with E-state index in [0.717, 1.165) is 11.4 Å². The lowest BCUT2D eigenvalue weighted by atomic mass is 9.90. The van der Waals surface area contributed by atoms with E-state index < -0.39 is 5.82 Å². The maximum atomic E-state index is 13.6. The summed E-state index contributed by atoms with van der Waals surface area (Å²) in [5.41, 5.74) is 2.78. The van der Waals surface area contributed by atoms with Crippen LogP contribution >= 0.6 is 0 Å². The van der Waals surface area contributed by atoms with Crippen molar-refractivity contribution in [2.24, 2.45) is 0 Å². The van der Waals surface area contributed by atoms with Crippen LogP contribution in [0.2, 0.25) is 0 Å². The molecule has 1 aliphatic rings. The van der Waals surface area contributed by atoms with E-state index in [4.69, 9.17) is 4.74 Å². The number of methoxy groups -OCH3 is 1. The van der Waals surface area contributed by atoms with Gasteiger partial charge in [-0.3, -0.25) is 9.59 Å². The summed E-state index contributed by atoms with van der Waals surface area (Å²) < 4.78 is 22.1. The maximum Gasteiger partial charge on any atom is 0.214 e. The molecule has 176 valence electrons. The Hall–Kier alpha value is -4.92.